The number of aryl methyl sites for hydroxylation is 2. The lowest BCUT2D eigenvalue weighted by Crippen LogP contribution is -2.46. The van der Waals surface area contributed by atoms with Crippen molar-refractivity contribution in [1.29, 1.82) is 0 Å². The summed E-state index contributed by atoms with van der Waals surface area (Å²) in [7, 11) is 0. The van der Waals surface area contributed by atoms with Crippen molar-refractivity contribution in [3.63, 3.8) is 0 Å². The summed E-state index contributed by atoms with van der Waals surface area (Å²) in [5, 5.41) is 8.83. The maximum absolute atomic E-state index is 12.9. The van der Waals surface area contributed by atoms with Gasteiger partial charge in [-0.25, -0.2) is 14.6 Å². The highest BCUT2D eigenvalue weighted by atomic mass is 16.6. The summed E-state index contributed by atoms with van der Waals surface area (Å²) in [5.41, 5.74) is 4.14. The molecule has 2 aliphatic rings. The van der Waals surface area contributed by atoms with Crippen molar-refractivity contribution in [3.8, 4) is 0 Å². The van der Waals surface area contributed by atoms with Crippen molar-refractivity contribution in [2.45, 2.75) is 32.9 Å². The van der Waals surface area contributed by atoms with Gasteiger partial charge in [0.25, 0.3) is 0 Å². The van der Waals surface area contributed by atoms with E-state index < -0.39 is 0 Å². The van der Waals surface area contributed by atoms with E-state index in [1.54, 1.807) is 17.3 Å². The number of hydrogen-bond donors (Lipinski definition) is 1. The quantitative estimate of drug-likeness (QED) is 0.837. The summed E-state index contributed by atoms with van der Waals surface area (Å²) in [5.74, 6) is 0. The minimum Gasteiger partial charge on any atom is -0.448 e. The number of carbonyl (C=O) groups is 2. The van der Waals surface area contributed by atoms with E-state index in [-0.39, 0.29) is 30.8 Å². The molecule has 3 heterocycles. The summed E-state index contributed by atoms with van der Waals surface area (Å²) < 4.78 is 5.11. The van der Waals surface area contributed by atoms with Crippen LogP contribution in [0, 0.1) is 13.8 Å². The van der Waals surface area contributed by atoms with Crippen molar-refractivity contribution in [3.05, 3.63) is 59.2 Å². The van der Waals surface area contributed by atoms with Crippen molar-refractivity contribution in [2.75, 3.05) is 19.7 Å². The highest BCUT2D eigenvalue weighted by Crippen LogP contribution is 2.23. The molecule has 2 aliphatic heterocycles. The van der Waals surface area contributed by atoms with Crippen LogP contribution in [0.3, 0.4) is 0 Å². The minimum atomic E-state index is -0.384. The molecule has 0 saturated carbocycles. The Kier molecular flexibility index (Phi) is 5.35. The highest BCUT2D eigenvalue weighted by Gasteiger charge is 2.40. The first-order chi connectivity index (χ1) is 14.4. The molecular weight excluding hydrogens is 384 g/mol. The normalized spacial score (nSPS) is 19.5. The molecular formula is C21H24N6O3. The molecule has 0 spiro atoms. The van der Waals surface area contributed by atoms with Gasteiger partial charge in [0.15, 0.2) is 0 Å². The number of benzene rings is 1. The average molecular weight is 408 g/mol. The number of amides is 3. The van der Waals surface area contributed by atoms with Gasteiger partial charge in [-0.05, 0) is 26.3 Å². The first-order valence-corrected chi connectivity index (χ1v) is 9.88. The fraction of sp³-hybridized carbons (Fsp3) is 0.381. The first kappa shape index (κ1) is 19.8. The van der Waals surface area contributed by atoms with E-state index in [0.717, 1.165) is 16.8 Å². The molecule has 9 heteroatoms. The second kappa shape index (κ2) is 8.10. The SMILES string of the molecule is Cc1ccc(C2=NN(C(=O)N[C@H](C)c3cnc(C)cn3)C[C@@H]2N2CCOC2=O)cc1. The van der Waals surface area contributed by atoms with E-state index in [1.165, 1.54) is 5.01 Å². The van der Waals surface area contributed by atoms with Gasteiger partial charge in [-0.2, -0.15) is 5.10 Å². The zero-order valence-electron chi connectivity index (χ0n) is 17.2. The molecule has 2 aromatic rings. The standard InChI is InChI=1S/C21H24N6O3/c1-13-4-6-16(7-5-13)19-18(26-8-9-30-21(26)29)12-27(25-19)20(28)24-15(3)17-11-22-14(2)10-23-17/h4-7,10-11,15,18H,8-9,12H2,1-3H3,(H,24,28)/t15-,18+/m1/s1. The Morgan fingerprint density at radius 1 is 1.20 bits per heavy atom. The Bertz CT molecular complexity index is 973. The van der Waals surface area contributed by atoms with Gasteiger partial charge < -0.3 is 10.1 Å². The summed E-state index contributed by atoms with van der Waals surface area (Å²) in [4.78, 5) is 35.2. The van der Waals surface area contributed by atoms with E-state index >= 15 is 0 Å². The number of ether oxygens (including phenoxy) is 1. The van der Waals surface area contributed by atoms with Crippen LogP contribution in [0.15, 0.2) is 41.8 Å². The predicted molar refractivity (Wildman–Crippen MR) is 110 cm³/mol. The lowest BCUT2D eigenvalue weighted by atomic mass is 10.0. The zero-order chi connectivity index (χ0) is 21.3. The van der Waals surface area contributed by atoms with E-state index in [4.69, 9.17) is 4.74 Å². The Morgan fingerprint density at radius 3 is 2.60 bits per heavy atom. The van der Waals surface area contributed by atoms with Crippen LogP contribution in [0.2, 0.25) is 0 Å². The van der Waals surface area contributed by atoms with Crippen molar-refractivity contribution < 1.29 is 14.3 Å². The van der Waals surface area contributed by atoms with E-state index in [9.17, 15) is 9.59 Å². The number of nitrogens with zero attached hydrogens (tertiary/aromatic N) is 5. The first-order valence-electron chi connectivity index (χ1n) is 9.88. The molecule has 1 N–H and O–H groups in total. The number of nitrogens with one attached hydrogen (secondary N) is 1. The van der Waals surface area contributed by atoms with Crippen LogP contribution in [-0.4, -0.2) is 63.5 Å². The van der Waals surface area contributed by atoms with Crippen molar-refractivity contribution in [2.24, 2.45) is 5.10 Å². The molecule has 1 aromatic carbocycles. The molecule has 3 amide bonds. The molecule has 0 aliphatic carbocycles. The molecule has 1 fully saturated rings. The third-order valence-electron chi connectivity index (χ3n) is 5.22. The van der Waals surface area contributed by atoms with Crippen LogP contribution < -0.4 is 5.32 Å². The van der Waals surface area contributed by atoms with Crippen LogP contribution in [-0.2, 0) is 4.74 Å². The lowest BCUT2D eigenvalue weighted by Gasteiger charge is -2.23. The maximum atomic E-state index is 12.9. The van der Waals surface area contributed by atoms with Crippen LogP contribution in [0.4, 0.5) is 9.59 Å². The third-order valence-corrected chi connectivity index (χ3v) is 5.22. The van der Waals surface area contributed by atoms with Gasteiger partial charge in [0.05, 0.1) is 48.5 Å². The van der Waals surface area contributed by atoms with E-state index in [0.29, 0.717) is 24.6 Å². The number of cyclic esters (lactones) is 1. The molecule has 0 unspecified atom stereocenters. The van der Waals surface area contributed by atoms with Gasteiger partial charge in [0, 0.05) is 6.20 Å². The molecule has 156 valence electrons. The lowest BCUT2D eigenvalue weighted by molar-refractivity contribution is 0.150. The van der Waals surface area contributed by atoms with Gasteiger partial charge in [0.2, 0.25) is 0 Å². The Balaban J connectivity index is 1.55. The number of urea groups is 1. The molecule has 0 radical (unpaired) electrons. The van der Waals surface area contributed by atoms with Crippen LogP contribution in [0.25, 0.3) is 0 Å². The fourth-order valence-electron chi connectivity index (χ4n) is 3.49. The zero-order valence-corrected chi connectivity index (χ0v) is 17.2. The predicted octanol–water partition coefficient (Wildman–Crippen LogP) is 2.40. The van der Waals surface area contributed by atoms with Crippen molar-refractivity contribution in [1.82, 2.24) is 25.2 Å². The number of hydrazone groups is 1. The number of carbonyl (C=O) groups excluding carboxylic acids is 2. The van der Waals surface area contributed by atoms with Gasteiger partial charge >= 0.3 is 12.1 Å². The number of rotatable bonds is 4. The van der Waals surface area contributed by atoms with Crippen molar-refractivity contribution >= 4 is 17.8 Å². The van der Waals surface area contributed by atoms with Gasteiger partial charge in [-0.15, -0.1) is 0 Å². The summed E-state index contributed by atoms with van der Waals surface area (Å²) in [6.45, 7) is 6.77. The van der Waals surface area contributed by atoms with Gasteiger partial charge in [-0.1, -0.05) is 29.8 Å². The smallest absolute Gasteiger partial charge is 0.410 e. The molecule has 0 bridgehead atoms. The molecule has 9 nitrogen and oxygen atoms in total. The summed E-state index contributed by atoms with van der Waals surface area (Å²) in [6, 6.07) is 6.82. The summed E-state index contributed by atoms with van der Waals surface area (Å²) in [6.07, 6.45) is 2.93. The monoisotopic (exact) mass is 408 g/mol. The van der Waals surface area contributed by atoms with Crippen LogP contribution in [0.1, 0.15) is 35.5 Å². The molecule has 1 aromatic heterocycles. The van der Waals surface area contributed by atoms with Gasteiger partial charge in [-0.3, -0.25) is 14.9 Å². The Morgan fingerprint density at radius 2 is 1.97 bits per heavy atom. The number of hydrogen-bond acceptors (Lipinski definition) is 6. The van der Waals surface area contributed by atoms with Gasteiger partial charge in [0.1, 0.15) is 6.61 Å². The highest BCUT2D eigenvalue weighted by molar-refractivity contribution is 6.07. The minimum absolute atomic E-state index is 0.260. The molecule has 1 saturated heterocycles. The molecule has 4 rings (SSSR count). The van der Waals surface area contributed by atoms with Crippen LogP contribution >= 0.6 is 0 Å². The second-order valence-corrected chi connectivity index (χ2v) is 7.51. The number of aromatic nitrogens is 2. The maximum Gasteiger partial charge on any atom is 0.410 e. The van der Waals surface area contributed by atoms with E-state index in [1.807, 2.05) is 45.0 Å². The second-order valence-electron chi connectivity index (χ2n) is 7.51. The summed E-state index contributed by atoms with van der Waals surface area (Å²) >= 11 is 0. The van der Waals surface area contributed by atoms with Crippen LogP contribution in [0.5, 0.6) is 0 Å². The Hall–Kier alpha value is -3.49. The third kappa shape index (κ3) is 3.96. The Labute approximate surface area is 174 Å². The average Bonchev–Trinajstić information content (AvgIpc) is 3.35. The fourth-order valence-corrected chi connectivity index (χ4v) is 3.49. The largest absolute Gasteiger partial charge is 0.448 e. The molecule has 2 atom stereocenters. The topological polar surface area (TPSA) is 100 Å². The molecule has 30 heavy (non-hydrogen) atoms. The van der Waals surface area contributed by atoms with E-state index in [2.05, 4.69) is 20.4 Å².